The highest BCUT2D eigenvalue weighted by Gasteiger charge is 2.84. The minimum atomic E-state index is -0.504. The fourth-order valence-electron chi connectivity index (χ4n) is 14.6. The van der Waals surface area contributed by atoms with E-state index < -0.39 is 6.10 Å². The van der Waals surface area contributed by atoms with Crippen LogP contribution in [0.5, 0.6) is 0 Å². The van der Waals surface area contributed by atoms with E-state index >= 15 is 0 Å². The lowest BCUT2D eigenvalue weighted by Gasteiger charge is -2.64. The molecule has 9 heteroatoms. The molecule has 276 valence electrons. The number of carbonyl (C=O) groups is 1. The summed E-state index contributed by atoms with van der Waals surface area (Å²) in [4.78, 5) is 15.4. The van der Waals surface area contributed by atoms with Crippen LogP contribution in [0.2, 0.25) is 0 Å². The Labute approximate surface area is 293 Å². The van der Waals surface area contributed by atoms with E-state index in [1.165, 1.54) is 38.5 Å². The number of fused-ring (bicyclic) bond motifs is 4. The first-order valence-electron chi connectivity index (χ1n) is 20.1. The van der Waals surface area contributed by atoms with Crippen LogP contribution >= 0.6 is 0 Å². The van der Waals surface area contributed by atoms with Crippen LogP contribution in [0, 0.1) is 56.7 Å². The first kappa shape index (κ1) is 34.0. The van der Waals surface area contributed by atoms with Crippen LogP contribution in [0.25, 0.3) is 0 Å². The van der Waals surface area contributed by atoms with Crippen LogP contribution in [0.4, 0.5) is 0 Å². The number of esters is 1. The molecule has 13 atom stereocenters. The van der Waals surface area contributed by atoms with Crippen LogP contribution in [0.15, 0.2) is 0 Å². The number of aliphatic hydroxyl groups is 1. The Morgan fingerprint density at radius 3 is 2.43 bits per heavy atom. The highest BCUT2D eigenvalue weighted by Crippen LogP contribution is 2.89. The summed E-state index contributed by atoms with van der Waals surface area (Å²) in [6, 6.07) is 0.520. The van der Waals surface area contributed by atoms with Gasteiger partial charge in [-0.3, -0.25) is 9.69 Å². The molecule has 9 fully saturated rings. The molecule has 5 aliphatic carbocycles. The molecular weight excluding hydrogens is 622 g/mol. The predicted molar refractivity (Wildman–Crippen MR) is 181 cm³/mol. The van der Waals surface area contributed by atoms with Crippen molar-refractivity contribution in [1.29, 1.82) is 0 Å². The van der Waals surface area contributed by atoms with Crippen LogP contribution in [-0.4, -0.2) is 105 Å². The summed E-state index contributed by atoms with van der Waals surface area (Å²) in [5.41, 5.74) is 0.574. The summed E-state index contributed by atoms with van der Waals surface area (Å²) in [5, 5.41) is 12.5. The second kappa shape index (κ2) is 11.8. The van der Waals surface area contributed by atoms with Gasteiger partial charge in [0.05, 0.1) is 62.7 Å². The molecule has 4 aliphatic heterocycles. The van der Waals surface area contributed by atoms with Gasteiger partial charge in [0.25, 0.3) is 0 Å². The molecule has 9 nitrogen and oxygen atoms in total. The lowest BCUT2D eigenvalue weighted by atomic mass is 9.41. The number of hydrogen-bond donors (Lipinski definition) is 1. The summed E-state index contributed by atoms with van der Waals surface area (Å²) in [5.74, 6) is 1.69. The topological polar surface area (TPSA) is 95.9 Å². The molecule has 1 unspecified atom stereocenters. The van der Waals surface area contributed by atoms with E-state index in [1.807, 2.05) is 0 Å². The lowest BCUT2D eigenvalue weighted by molar-refractivity contribution is -0.256. The maximum atomic E-state index is 12.8. The fraction of sp³-hybridized carbons (Fsp3) is 0.975. The lowest BCUT2D eigenvalue weighted by Crippen LogP contribution is -2.60. The molecule has 0 amide bonds. The summed E-state index contributed by atoms with van der Waals surface area (Å²) >= 11 is 0. The maximum absolute atomic E-state index is 12.8. The van der Waals surface area contributed by atoms with Crippen molar-refractivity contribution in [3.63, 3.8) is 0 Å². The number of rotatable bonds is 6. The Kier molecular flexibility index (Phi) is 8.22. The van der Waals surface area contributed by atoms with Gasteiger partial charge in [-0.25, -0.2) is 0 Å². The number of morpholine rings is 1. The summed E-state index contributed by atoms with van der Waals surface area (Å²) in [6.45, 7) is 18.1. The van der Waals surface area contributed by atoms with Crippen molar-refractivity contribution in [1.82, 2.24) is 4.90 Å². The van der Waals surface area contributed by atoms with Crippen LogP contribution in [0.3, 0.4) is 0 Å². The number of ether oxygens (including phenoxy) is 6. The third-order valence-electron chi connectivity index (χ3n) is 17.3. The smallest absolute Gasteiger partial charge is 0.309 e. The molecule has 0 radical (unpaired) electrons. The SMILES string of the molecule is C[C@@H]1C[C@H](COC(=O)C2CCOCC2)O[C@H]2[C@H]1[C@@]1(C)CC[C@@]34C[C@@]35CC[C@H](OC3CN(C6COC6)CCO3)C(C)(C)[C@@H]5CC[C@H]4[C@]1(C)[C@H]2O. The zero-order valence-corrected chi connectivity index (χ0v) is 30.8. The van der Waals surface area contributed by atoms with Crippen molar-refractivity contribution in [2.75, 3.05) is 52.7 Å². The third kappa shape index (κ3) is 4.77. The Hall–Kier alpha value is -0.810. The molecule has 49 heavy (non-hydrogen) atoms. The Morgan fingerprint density at radius 1 is 0.918 bits per heavy atom. The molecule has 0 aromatic rings. The van der Waals surface area contributed by atoms with E-state index in [-0.39, 0.29) is 52.7 Å². The number of aliphatic hydroxyl groups excluding tert-OH is 1. The Morgan fingerprint density at radius 2 is 1.67 bits per heavy atom. The highest BCUT2D eigenvalue weighted by molar-refractivity contribution is 5.72. The monoisotopic (exact) mass is 685 g/mol. The molecule has 9 aliphatic rings. The summed E-state index contributed by atoms with van der Waals surface area (Å²) < 4.78 is 36.8. The van der Waals surface area contributed by atoms with Gasteiger partial charge in [-0.15, -0.1) is 0 Å². The van der Waals surface area contributed by atoms with Gasteiger partial charge in [0.15, 0.2) is 6.29 Å². The van der Waals surface area contributed by atoms with Gasteiger partial charge in [-0.2, -0.15) is 0 Å². The van der Waals surface area contributed by atoms with Gasteiger partial charge in [0.1, 0.15) is 6.61 Å². The van der Waals surface area contributed by atoms with Crippen molar-refractivity contribution in [2.45, 2.75) is 136 Å². The first-order valence-corrected chi connectivity index (χ1v) is 20.1. The van der Waals surface area contributed by atoms with Gasteiger partial charge in [0.2, 0.25) is 0 Å². The third-order valence-corrected chi connectivity index (χ3v) is 17.3. The van der Waals surface area contributed by atoms with Gasteiger partial charge in [-0.05, 0) is 110 Å². The van der Waals surface area contributed by atoms with Gasteiger partial charge in [0, 0.05) is 25.2 Å². The van der Waals surface area contributed by atoms with Crippen molar-refractivity contribution in [3.8, 4) is 0 Å². The standard InChI is InChI=1S/C40H63NO8/c1-24-18-27(22-47-35(43)25-9-15-44-16-10-25)48-33-32(24)37(4)12-13-40-23-39(40)11-8-30(49-31-19-41(14-17-46-31)26-20-45-21-26)36(2,3)28(39)6-7-29(40)38(37,5)34(33)42/h24-34,42H,6-23H2,1-5H3/t24-,27-,28+,29+,30+,31?,32+,33+,34+,37-,38-,39-,40+/m1/s1. The van der Waals surface area contributed by atoms with E-state index in [0.717, 1.165) is 58.6 Å². The summed E-state index contributed by atoms with van der Waals surface area (Å²) in [6.07, 6.45) is 10.0. The van der Waals surface area contributed by atoms with Gasteiger partial charge >= 0.3 is 5.97 Å². The van der Waals surface area contributed by atoms with E-state index in [2.05, 4.69) is 39.5 Å². The van der Waals surface area contributed by atoms with E-state index in [4.69, 9.17) is 28.4 Å². The molecule has 4 saturated heterocycles. The van der Waals surface area contributed by atoms with E-state index in [0.29, 0.717) is 60.4 Å². The average Bonchev–Trinajstić information content (AvgIpc) is 3.69. The predicted octanol–water partition coefficient (Wildman–Crippen LogP) is 5.21. The largest absolute Gasteiger partial charge is 0.463 e. The highest BCUT2D eigenvalue weighted by atomic mass is 16.7. The quantitative estimate of drug-likeness (QED) is 0.378. The van der Waals surface area contributed by atoms with Crippen molar-refractivity contribution >= 4 is 5.97 Å². The molecule has 9 rings (SSSR count). The average molecular weight is 686 g/mol. The minimum Gasteiger partial charge on any atom is -0.463 e. The Balaban J connectivity index is 0.903. The number of hydrogen-bond acceptors (Lipinski definition) is 9. The molecule has 2 spiro atoms. The van der Waals surface area contributed by atoms with Crippen LogP contribution in [-0.2, 0) is 33.2 Å². The second-order valence-corrected chi connectivity index (χ2v) is 19.3. The Bertz CT molecular complexity index is 1280. The maximum Gasteiger partial charge on any atom is 0.309 e. The molecule has 0 bridgehead atoms. The van der Waals surface area contributed by atoms with E-state index in [9.17, 15) is 9.90 Å². The first-order chi connectivity index (χ1) is 23.4. The van der Waals surface area contributed by atoms with Crippen molar-refractivity contribution in [2.24, 2.45) is 56.7 Å². The second-order valence-electron chi connectivity index (χ2n) is 19.3. The van der Waals surface area contributed by atoms with Crippen molar-refractivity contribution < 1.29 is 38.3 Å². The summed E-state index contributed by atoms with van der Waals surface area (Å²) in [7, 11) is 0. The van der Waals surface area contributed by atoms with E-state index in [1.54, 1.807) is 0 Å². The molecule has 4 heterocycles. The van der Waals surface area contributed by atoms with Crippen LogP contribution in [0.1, 0.15) is 98.8 Å². The molecular formula is C40H63NO8. The zero-order valence-electron chi connectivity index (χ0n) is 30.8. The zero-order chi connectivity index (χ0) is 34.0. The number of carbonyl (C=O) groups excluding carboxylic acids is 1. The normalized spacial score (nSPS) is 52.5. The molecule has 0 aromatic heterocycles. The number of nitrogens with zero attached hydrogens (tertiary/aromatic N) is 1. The molecule has 0 aromatic carbocycles. The molecule has 1 N–H and O–H groups in total. The van der Waals surface area contributed by atoms with Crippen molar-refractivity contribution in [3.05, 3.63) is 0 Å². The van der Waals surface area contributed by atoms with Gasteiger partial charge in [-0.1, -0.05) is 34.6 Å². The van der Waals surface area contributed by atoms with Gasteiger partial charge < -0.3 is 33.5 Å². The molecule has 5 saturated carbocycles. The minimum absolute atomic E-state index is 0.0261. The fourth-order valence-corrected chi connectivity index (χ4v) is 14.6. The van der Waals surface area contributed by atoms with Crippen LogP contribution < -0.4 is 0 Å².